The van der Waals surface area contributed by atoms with Crippen LogP contribution in [0, 0.1) is 0 Å². The van der Waals surface area contributed by atoms with Crippen LogP contribution in [0.2, 0.25) is 0 Å². The molecule has 0 aromatic carbocycles. The average molecular weight is 738 g/mol. The maximum absolute atomic E-state index is 12.9. The van der Waals surface area contributed by atoms with Crippen LogP contribution in [0.15, 0.2) is 36.5 Å². The summed E-state index contributed by atoms with van der Waals surface area (Å²) in [6.07, 6.45) is 33.3. The minimum absolute atomic E-state index is 0.194. The van der Waals surface area contributed by atoms with Crippen molar-refractivity contribution in [3.05, 3.63) is 36.5 Å². The molecule has 1 saturated heterocycles. The van der Waals surface area contributed by atoms with E-state index in [0.29, 0.717) is 6.42 Å². The van der Waals surface area contributed by atoms with E-state index in [4.69, 9.17) is 9.47 Å². The van der Waals surface area contributed by atoms with Gasteiger partial charge in [0.25, 0.3) is 0 Å². The van der Waals surface area contributed by atoms with Gasteiger partial charge >= 0.3 is 0 Å². The Morgan fingerprint density at radius 2 is 1.10 bits per heavy atom. The summed E-state index contributed by atoms with van der Waals surface area (Å²) in [5.41, 5.74) is 0. The molecule has 9 heteroatoms. The lowest BCUT2D eigenvalue weighted by Crippen LogP contribution is -2.60. The highest BCUT2D eigenvalue weighted by Gasteiger charge is 2.44. The van der Waals surface area contributed by atoms with Crippen LogP contribution in [0.4, 0.5) is 0 Å². The molecule has 0 spiro atoms. The average Bonchev–Trinajstić information content (AvgIpc) is 3.14. The van der Waals surface area contributed by atoms with Crippen LogP contribution in [0.5, 0.6) is 0 Å². The van der Waals surface area contributed by atoms with Crippen molar-refractivity contribution in [3.8, 4) is 0 Å². The molecular weight excluding hydrogens is 658 g/mol. The Labute approximate surface area is 317 Å². The number of allylic oxidation sites excluding steroid dienone is 5. The molecular formula is C43H79NO8. The van der Waals surface area contributed by atoms with Crippen molar-refractivity contribution >= 4 is 5.91 Å². The third-order valence-corrected chi connectivity index (χ3v) is 9.94. The molecule has 0 aromatic heterocycles. The second-order valence-corrected chi connectivity index (χ2v) is 14.8. The van der Waals surface area contributed by atoms with Crippen molar-refractivity contribution in [2.24, 2.45) is 0 Å². The number of hydrogen-bond donors (Lipinski definition) is 6. The van der Waals surface area contributed by atoms with E-state index in [1.807, 2.05) is 6.08 Å². The van der Waals surface area contributed by atoms with Gasteiger partial charge in [-0.3, -0.25) is 4.79 Å². The van der Waals surface area contributed by atoms with Crippen molar-refractivity contribution in [3.63, 3.8) is 0 Å². The number of rotatable bonds is 34. The summed E-state index contributed by atoms with van der Waals surface area (Å²) in [5, 5.41) is 53.9. The number of aliphatic hydroxyl groups is 5. The van der Waals surface area contributed by atoms with Crippen LogP contribution in [-0.2, 0) is 14.3 Å². The number of ether oxygens (including phenoxy) is 2. The van der Waals surface area contributed by atoms with Gasteiger partial charge < -0.3 is 40.3 Å². The summed E-state index contributed by atoms with van der Waals surface area (Å²) < 4.78 is 11.2. The topological polar surface area (TPSA) is 149 Å². The zero-order valence-corrected chi connectivity index (χ0v) is 33.1. The fourth-order valence-electron chi connectivity index (χ4n) is 6.46. The first-order valence-corrected chi connectivity index (χ1v) is 21.2. The summed E-state index contributed by atoms with van der Waals surface area (Å²) in [6.45, 7) is 3.71. The molecule has 0 aliphatic carbocycles. The summed E-state index contributed by atoms with van der Waals surface area (Å²) in [5.74, 6) is -0.194. The van der Waals surface area contributed by atoms with Crippen molar-refractivity contribution in [1.29, 1.82) is 0 Å². The molecule has 1 heterocycles. The molecule has 0 aromatic rings. The van der Waals surface area contributed by atoms with Crippen LogP contribution >= 0.6 is 0 Å². The SMILES string of the molecule is CCCCCCC/C=C/CC/C=C/C(O)C(COC1OC(CO)C(O)C(O)C1O)NC(=O)CCCCCCCCC/C=C\CCCCCCCCC. The van der Waals surface area contributed by atoms with Gasteiger partial charge in [-0.25, -0.2) is 0 Å². The van der Waals surface area contributed by atoms with Gasteiger partial charge in [0, 0.05) is 6.42 Å². The minimum Gasteiger partial charge on any atom is -0.394 e. The van der Waals surface area contributed by atoms with Gasteiger partial charge in [0.2, 0.25) is 5.91 Å². The summed E-state index contributed by atoms with van der Waals surface area (Å²) in [4.78, 5) is 12.9. The standard InChI is InChI=1S/C43H79NO8/c1-3-5-7-9-11-13-15-16-17-18-19-20-21-23-25-27-29-31-33-39(47)44-36(35-51-43-42(50)41(49)40(48)38(34-45)52-43)37(46)32-30-28-26-24-22-14-12-10-8-6-4-2/h17-18,22,24,30,32,36-38,40-43,45-46,48-50H,3-16,19-21,23,25-29,31,33-35H2,1-2H3,(H,44,47)/b18-17-,24-22+,32-30+. The van der Waals surface area contributed by atoms with E-state index in [9.17, 15) is 30.3 Å². The highest BCUT2D eigenvalue weighted by Crippen LogP contribution is 2.22. The molecule has 1 aliphatic rings. The van der Waals surface area contributed by atoms with E-state index in [1.165, 1.54) is 103 Å². The lowest BCUT2D eigenvalue weighted by Gasteiger charge is -2.40. The van der Waals surface area contributed by atoms with Crippen molar-refractivity contribution in [2.45, 2.75) is 217 Å². The van der Waals surface area contributed by atoms with Gasteiger partial charge in [-0.2, -0.15) is 0 Å². The van der Waals surface area contributed by atoms with Crippen LogP contribution in [-0.4, -0.2) is 87.5 Å². The van der Waals surface area contributed by atoms with E-state index in [0.717, 1.165) is 51.4 Å². The molecule has 0 bridgehead atoms. The highest BCUT2D eigenvalue weighted by molar-refractivity contribution is 5.76. The third kappa shape index (κ3) is 24.7. The van der Waals surface area contributed by atoms with Gasteiger partial charge in [0.05, 0.1) is 25.4 Å². The second-order valence-electron chi connectivity index (χ2n) is 14.8. The molecule has 7 atom stereocenters. The zero-order valence-electron chi connectivity index (χ0n) is 33.1. The maximum Gasteiger partial charge on any atom is 0.220 e. The quantitative estimate of drug-likeness (QED) is 0.0287. The number of carbonyl (C=O) groups excluding carboxylic acids is 1. The van der Waals surface area contributed by atoms with Crippen LogP contribution < -0.4 is 5.32 Å². The summed E-state index contributed by atoms with van der Waals surface area (Å²) >= 11 is 0. The van der Waals surface area contributed by atoms with Gasteiger partial charge in [0.1, 0.15) is 24.4 Å². The maximum atomic E-state index is 12.9. The zero-order chi connectivity index (χ0) is 38.1. The number of amides is 1. The van der Waals surface area contributed by atoms with E-state index < -0.39 is 49.5 Å². The van der Waals surface area contributed by atoms with Crippen molar-refractivity contribution in [1.82, 2.24) is 5.32 Å². The Kier molecular flexibility index (Phi) is 31.6. The summed E-state index contributed by atoms with van der Waals surface area (Å²) in [7, 11) is 0. The predicted octanol–water partition coefficient (Wildman–Crippen LogP) is 8.11. The number of carbonyl (C=O) groups is 1. The number of unbranched alkanes of at least 4 members (excludes halogenated alkanes) is 20. The largest absolute Gasteiger partial charge is 0.394 e. The van der Waals surface area contributed by atoms with Crippen LogP contribution in [0.3, 0.4) is 0 Å². The molecule has 1 amide bonds. The van der Waals surface area contributed by atoms with Crippen LogP contribution in [0.25, 0.3) is 0 Å². The van der Waals surface area contributed by atoms with E-state index in [2.05, 4.69) is 43.5 Å². The molecule has 9 nitrogen and oxygen atoms in total. The minimum atomic E-state index is -1.57. The highest BCUT2D eigenvalue weighted by atomic mass is 16.7. The Hall–Kier alpha value is -1.59. The van der Waals surface area contributed by atoms with E-state index in [1.54, 1.807) is 6.08 Å². The van der Waals surface area contributed by atoms with Crippen molar-refractivity contribution < 1.29 is 39.8 Å². The second kappa shape index (κ2) is 33.9. The molecule has 1 aliphatic heterocycles. The molecule has 0 saturated carbocycles. The first kappa shape index (κ1) is 48.4. The van der Waals surface area contributed by atoms with Crippen molar-refractivity contribution in [2.75, 3.05) is 13.2 Å². The number of aliphatic hydroxyl groups excluding tert-OH is 5. The van der Waals surface area contributed by atoms with Crippen LogP contribution in [0.1, 0.15) is 174 Å². The van der Waals surface area contributed by atoms with Gasteiger partial charge in [-0.1, -0.05) is 147 Å². The smallest absolute Gasteiger partial charge is 0.220 e. The van der Waals surface area contributed by atoms with E-state index >= 15 is 0 Å². The molecule has 6 N–H and O–H groups in total. The fourth-order valence-corrected chi connectivity index (χ4v) is 6.46. The number of nitrogens with one attached hydrogen (secondary N) is 1. The molecule has 52 heavy (non-hydrogen) atoms. The third-order valence-electron chi connectivity index (χ3n) is 9.94. The molecule has 1 fully saturated rings. The summed E-state index contributed by atoms with van der Waals surface area (Å²) in [6, 6.07) is -0.820. The Morgan fingerprint density at radius 1 is 0.635 bits per heavy atom. The van der Waals surface area contributed by atoms with Gasteiger partial charge in [-0.15, -0.1) is 0 Å². The van der Waals surface area contributed by atoms with Gasteiger partial charge in [-0.05, 0) is 57.8 Å². The lowest BCUT2D eigenvalue weighted by molar-refractivity contribution is -0.302. The fraction of sp³-hybridized carbons (Fsp3) is 0.837. The monoisotopic (exact) mass is 738 g/mol. The number of hydrogen-bond acceptors (Lipinski definition) is 8. The molecule has 0 radical (unpaired) electrons. The Morgan fingerprint density at radius 3 is 1.62 bits per heavy atom. The Balaban J connectivity index is 2.39. The lowest BCUT2D eigenvalue weighted by atomic mass is 9.99. The normalized spacial score (nSPS) is 22.2. The molecule has 304 valence electrons. The first-order chi connectivity index (χ1) is 25.3. The Bertz CT molecular complexity index is 910. The first-order valence-electron chi connectivity index (χ1n) is 21.2. The molecule has 1 rings (SSSR count). The predicted molar refractivity (Wildman–Crippen MR) is 212 cm³/mol. The molecule has 7 unspecified atom stereocenters. The van der Waals surface area contributed by atoms with E-state index in [-0.39, 0.29) is 12.5 Å². The van der Waals surface area contributed by atoms with Gasteiger partial charge in [0.15, 0.2) is 6.29 Å².